The number of carbonyl (C=O) groups excluding carboxylic acids is 1. The van der Waals surface area contributed by atoms with E-state index in [1.54, 1.807) is 18.2 Å². The number of carbonyl (C=O) groups is 1. The largest absolute Gasteiger partial charge is 0.493 e. The van der Waals surface area contributed by atoms with Gasteiger partial charge in [-0.1, -0.05) is 0 Å². The Labute approximate surface area is 115 Å². The summed E-state index contributed by atoms with van der Waals surface area (Å²) in [5.41, 5.74) is 0.194. The summed E-state index contributed by atoms with van der Waals surface area (Å²) in [5, 5.41) is 2.55. The highest BCUT2D eigenvalue weighted by atomic mass is 19.1. The molecule has 1 heterocycles. The topological polar surface area (TPSA) is 60.5 Å². The van der Waals surface area contributed by atoms with Crippen LogP contribution in [0.2, 0.25) is 0 Å². The van der Waals surface area contributed by atoms with E-state index in [2.05, 4.69) is 10.3 Å². The number of pyridine rings is 1. The second-order valence-electron chi connectivity index (χ2n) is 3.86. The van der Waals surface area contributed by atoms with Gasteiger partial charge in [-0.3, -0.25) is 4.79 Å². The Morgan fingerprint density at radius 1 is 1.20 bits per heavy atom. The molecule has 0 atom stereocenters. The lowest BCUT2D eigenvalue weighted by atomic mass is 10.2. The minimum Gasteiger partial charge on any atom is -0.493 e. The average molecular weight is 276 g/mol. The molecule has 0 unspecified atom stereocenters. The van der Waals surface area contributed by atoms with Gasteiger partial charge in [0.15, 0.2) is 23.0 Å². The summed E-state index contributed by atoms with van der Waals surface area (Å²) in [7, 11) is 3.00. The van der Waals surface area contributed by atoms with Gasteiger partial charge in [0.25, 0.3) is 5.91 Å². The molecular formula is C14H13FN2O3. The smallest absolute Gasteiger partial charge is 0.277 e. The highest BCUT2D eigenvalue weighted by Gasteiger charge is 2.14. The minimum atomic E-state index is -0.675. The molecule has 104 valence electrons. The number of anilines is 1. The maximum atomic E-state index is 13.4. The molecule has 0 bridgehead atoms. The van der Waals surface area contributed by atoms with E-state index >= 15 is 0 Å². The van der Waals surface area contributed by atoms with Crippen LogP contribution in [-0.2, 0) is 0 Å². The summed E-state index contributed by atoms with van der Waals surface area (Å²) in [6, 6.07) is 7.44. The van der Waals surface area contributed by atoms with Gasteiger partial charge in [-0.05, 0) is 24.3 Å². The number of aromatic nitrogens is 1. The molecule has 0 saturated carbocycles. The van der Waals surface area contributed by atoms with Gasteiger partial charge in [0.1, 0.15) is 0 Å². The van der Waals surface area contributed by atoms with E-state index in [0.29, 0.717) is 17.2 Å². The summed E-state index contributed by atoms with van der Waals surface area (Å²) in [5.74, 6) is -0.304. The van der Waals surface area contributed by atoms with Crippen LogP contribution in [0.4, 0.5) is 10.1 Å². The van der Waals surface area contributed by atoms with E-state index < -0.39 is 11.7 Å². The lowest BCUT2D eigenvalue weighted by molar-refractivity contribution is 0.101. The molecule has 20 heavy (non-hydrogen) atoms. The number of benzene rings is 1. The molecule has 0 aliphatic heterocycles. The van der Waals surface area contributed by atoms with Crippen molar-refractivity contribution in [2.24, 2.45) is 0 Å². The molecular weight excluding hydrogens is 263 g/mol. The zero-order valence-electron chi connectivity index (χ0n) is 11.0. The van der Waals surface area contributed by atoms with Gasteiger partial charge in [0.2, 0.25) is 0 Å². The van der Waals surface area contributed by atoms with Crippen molar-refractivity contribution in [3.8, 4) is 11.5 Å². The highest BCUT2D eigenvalue weighted by molar-refractivity contribution is 6.03. The number of hydrogen-bond donors (Lipinski definition) is 1. The number of ether oxygens (including phenoxy) is 2. The monoisotopic (exact) mass is 276 g/mol. The Morgan fingerprint density at radius 3 is 2.60 bits per heavy atom. The molecule has 2 aromatic rings. The lowest BCUT2D eigenvalue weighted by Crippen LogP contribution is -2.15. The third-order valence-electron chi connectivity index (χ3n) is 2.61. The van der Waals surface area contributed by atoms with Crippen molar-refractivity contribution < 1.29 is 18.7 Å². The van der Waals surface area contributed by atoms with Gasteiger partial charge in [-0.2, -0.15) is 0 Å². The van der Waals surface area contributed by atoms with Crippen LogP contribution in [0.3, 0.4) is 0 Å². The third-order valence-corrected chi connectivity index (χ3v) is 2.61. The summed E-state index contributed by atoms with van der Waals surface area (Å²) < 4.78 is 23.7. The number of nitrogens with one attached hydrogen (secondary N) is 1. The van der Waals surface area contributed by atoms with Gasteiger partial charge in [-0.15, -0.1) is 0 Å². The van der Waals surface area contributed by atoms with Crippen molar-refractivity contribution >= 4 is 11.6 Å². The zero-order chi connectivity index (χ0) is 14.5. The molecule has 0 spiro atoms. The first kappa shape index (κ1) is 13.8. The fraction of sp³-hybridized carbons (Fsp3) is 0.143. The van der Waals surface area contributed by atoms with Crippen LogP contribution in [0.1, 0.15) is 10.5 Å². The van der Waals surface area contributed by atoms with E-state index in [0.717, 1.165) is 0 Å². The Hall–Kier alpha value is -2.63. The Balaban J connectivity index is 2.22. The number of halogens is 1. The lowest BCUT2D eigenvalue weighted by Gasteiger charge is -2.10. The number of amides is 1. The summed E-state index contributed by atoms with van der Waals surface area (Å²) >= 11 is 0. The standard InChI is InChI=1S/C14H13FN2O3/c1-19-11-6-5-9(8-12(11)20-2)17-14(18)13-10(15)4-3-7-16-13/h3-8H,1-2H3,(H,17,18). The molecule has 1 N–H and O–H groups in total. The van der Waals surface area contributed by atoms with E-state index in [1.165, 1.54) is 32.5 Å². The molecule has 1 amide bonds. The first-order chi connectivity index (χ1) is 9.65. The Bertz CT molecular complexity index is 632. The van der Waals surface area contributed by atoms with Crippen molar-refractivity contribution in [2.45, 2.75) is 0 Å². The van der Waals surface area contributed by atoms with Crippen LogP contribution in [0.5, 0.6) is 11.5 Å². The molecule has 0 saturated heterocycles. The van der Waals surface area contributed by atoms with Crippen LogP contribution < -0.4 is 14.8 Å². The zero-order valence-corrected chi connectivity index (χ0v) is 11.0. The second-order valence-corrected chi connectivity index (χ2v) is 3.86. The molecule has 5 nitrogen and oxygen atoms in total. The van der Waals surface area contributed by atoms with Gasteiger partial charge >= 0.3 is 0 Å². The Kier molecular flexibility index (Phi) is 4.14. The summed E-state index contributed by atoms with van der Waals surface area (Å²) in [6.07, 6.45) is 1.35. The molecule has 6 heteroatoms. The molecule has 0 aliphatic carbocycles. The number of rotatable bonds is 4. The number of nitrogens with zero attached hydrogens (tertiary/aromatic N) is 1. The normalized spacial score (nSPS) is 9.95. The van der Waals surface area contributed by atoms with E-state index in [-0.39, 0.29) is 5.69 Å². The van der Waals surface area contributed by atoms with Gasteiger partial charge < -0.3 is 14.8 Å². The summed E-state index contributed by atoms with van der Waals surface area (Å²) in [6.45, 7) is 0. The SMILES string of the molecule is COc1ccc(NC(=O)c2ncccc2F)cc1OC. The van der Waals surface area contributed by atoms with Crippen LogP contribution in [0.15, 0.2) is 36.5 Å². The molecule has 0 radical (unpaired) electrons. The molecule has 2 rings (SSSR count). The molecule has 1 aromatic heterocycles. The van der Waals surface area contributed by atoms with E-state index in [1.807, 2.05) is 0 Å². The first-order valence-corrected chi connectivity index (χ1v) is 5.79. The van der Waals surface area contributed by atoms with Crippen molar-refractivity contribution in [1.82, 2.24) is 4.98 Å². The predicted molar refractivity (Wildman–Crippen MR) is 71.7 cm³/mol. The minimum absolute atomic E-state index is 0.262. The van der Waals surface area contributed by atoms with E-state index in [9.17, 15) is 9.18 Å². The van der Waals surface area contributed by atoms with Crippen molar-refractivity contribution in [1.29, 1.82) is 0 Å². The second kappa shape index (κ2) is 6.01. The van der Waals surface area contributed by atoms with Crippen molar-refractivity contribution in [3.05, 3.63) is 48.0 Å². The van der Waals surface area contributed by atoms with Crippen LogP contribution in [-0.4, -0.2) is 25.1 Å². The fourth-order valence-electron chi connectivity index (χ4n) is 1.66. The highest BCUT2D eigenvalue weighted by Crippen LogP contribution is 2.29. The maximum Gasteiger partial charge on any atom is 0.277 e. The van der Waals surface area contributed by atoms with Crippen molar-refractivity contribution in [2.75, 3.05) is 19.5 Å². The molecule has 0 aliphatic rings. The van der Waals surface area contributed by atoms with Crippen LogP contribution in [0, 0.1) is 5.82 Å². The number of hydrogen-bond acceptors (Lipinski definition) is 4. The van der Waals surface area contributed by atoms with Gasteiger partial charge in [0, 0.05) is 18.0 Å². The Morgan fingerprint density at radius 2 is 1.95 bits per heavy atom. The predicted octanol–water partition coefficient (Wildman–Crippen LogP) is 2.49. The van der Waals surface area contributed by atoms with Crippen LogP contribution in [0.25, 0.3) is 0 Å². The van der Waals surface area contributed by atoms with E-state index in [4.69, 9.17) is 9.47 Å². The average Bonchev–Trinajstić information content (AvgIpc) is 2.47. The molecule has 0 fully saturated rings. The quantitative estimate of drug-likeness (QED) is 0.932. The van der Waals surface area contributed by atoms with Gasteiger partial charge in [0.05, 0.1) is 14.2 Å². The van der Waals surface area contributed by atoms with Crippen molar-refractivity contribution in [3.63, 3.8) is 0 Å². The first-order valence-electron chi connectivity index (χ1n) is 5.79. The van der Waals surface area contributed by atoms with Crippen LogP contribution >= 0.6 is 0 Å². The number of methoxy groups -OCH3 is 2. The fourth-order valence-corrected chi connectivity index (χ4v) is 1.66. The third kappa shape index (κ3) is 2.85. The molecule has 1 aromatic carbocycles. The summed E-state index contributed by atoms with van der Waals surface area (Å²) in [4.78, 5) is 15.6. The maximum absolute atomic E-state index is 13.4. The van der Waals surface area contributed by atoms with Gasteiger partial charge in [-0.25, -0.2) is 9.37 Å².